The first-order valence-corrected chi connectivity index (χ1v) is 15.2. The molecule has 3 rings (SSSR count). The molecule has 0 unspecified atom stereocenters. The zero-order chi connectivity index (χ0) is 28.5. The maximum atomic E-state index is 14.4. The summed E-state index contributed by atoms with van der Waals surface area (Å²) in [5.74, 6) is -1.08. The number of benzene rings is 3. The summed E-state index contributed by atoms with van der Waals surface area (Å²) in [7, 11) is -15.0. The van der Waals surface area contributed by atoms with Crippen LogP contribution in [0, 0.1) is 5.82 Å². The van der Waals surface area contributed by atoms with E-state index in [-0.39, 0.29) is 17.9 Å². The third-order valence-electron chi connectivity index (χ3n) is 5.26. The predicted octanol–water partition coefficient (Wildman–Crippen LogP) is 4.39. The van der Waals surface area contributed by atoms with Crippen molar-refractivity contribution in [3.8, 4) is 5.75 Å². The molecule has 0 fully saturated rings. The molecule has 0 saturated carbocycles. The minimum atomic E-state index is -5.66. The van der Waals surface area contributed by atoms with Crippen LogP contribution in [0.5, 0.6) is 5.75 Å². The molecule has 3 aromatic rings. The van der Waals surface area contributed by atoms with Gasteiger partial charge in [-0.15, -0.1) is 0 Å². The average molecular weight is 596 g/mol. The molecule has 1 atom stereocenters. The van der Waals surface area contributed by atoms with Crippen LogP contribution in [0.4, 0.5) is 17.6 Å². The largest absolute Gasteiger partial charge is 0.511 e. The van der Waals surface area contributed by atoms with Gasteiger partial charge in [-0.2, -0.15) is 13.2 Å². The van der Waals surface area contributed by atoms with Gasteiger partial charge < -0.3 is 4.74 Å². The summed E-state index contributed by atoms with van der Waals surface area (Å²) in [5, 5.41) is 0. The van der Waals surface area contributed by atoms with Gasteiger partial charge in [0.15, 0.2) is 0 Å². The van der Waals surface area contributed by atoms with Crippen LogP contribution in [0.15, 0.2) is 86.3 Å². The van der Waals surface area contributed by atoms with Crippen molar-refractivity contribution in [2.45, 2.75) is 45.0 Å². The van der Waals surface area contributed by atoms with Gasteiger partial charge in [0.2, 0.25) is 19.7 Å². The summed E-state index contributed by atoms with van der Waals surface area (Å²) < 4.78 is 136. The van der Waals surface area contributed by atoms with E-state index in [9.17, 15) is 42.8 Å². The van der Waals surface area contributed by atoms with Crippen LogP contribution >= 0.6 is 0 Å². The number of ether oxygens (including phenoxy) is 1. The standard InChI is InChI=1S/C23H21F4NO7S3/c1-3-35-17-10-13-21(22(14-17)37(31,32)20-7-5-4-6-19(20)24)36(29,30)18-11-8-16(9-12-18)15(2)28-38(33,34)23(25,26)27/h4-15,28H,3H2,1-2H3/t15-/m0/s1. The van der Waals surface area contributed by atoms with Crippen LogP contribution in [-0.4, -0.2) is 37.4 Å². The Kier molecular flexibility index (Phi) is 8.27. The zero-order valence-electron chi connectivity index (χ0n) is 19.7. The lowest BCUT2D eigenvalue weighted by Gasteiger charge is -2.17. The molecule has 0 radical (unpaired) electrons. The molecule has 0 amide bonds. The Morgan fingerprint density at radius 3 is 1.97 bits per heavy atom. The SMILES string of the molecule is CCOc1ccc(S(=O)(=O)c2ccc([C@H](C)NS(=O)(=O)C(F)(F)F)cc2)c(S(=O)(=O)c2ccccc2F)c1. The summed E-state index contributed by atoms with van der Waals surface area (Å²) in [6.07, 6.45) is 0. The van der Waals surface area contributed by atoms with Crippen LogP contribution in [0.25, 0.3) is 0 Å². The van der Waals surface area contributed by atoms with E-state index in [0.29, 0.717) is 0 Å². The van der Waals surface area contributed by atoms with E-state index in [1.807, 2.05) is 0 Å². The molecule has 3 aromatic carbocycles. The van der Waals surface area contributed by atoms with Crippen LogP contribution < -0.4 is 9.46 Å². The predicted molar refractivity (Wildman–Crippen MR) is 128 cm³/mol. The van der Waals surface area contributed by atoms with Crippen molar-refractivity contribution >= 4 is 29.7 Å². The summed E-state index contributed by atoms with van der Waals surface area (Å²) in [5.41, 5.74) is -5.54. The highest BCUT2D eigenvalue weighted by molar-refractivity contribution is 7.94. The van der Waals surface area contributed by atoms with Gasteiger partial charge in [0.05, 0.1) is 21.3 Å². The number of halogens is 4. The first kappa shape index (κ1) is 29.5. The third-order valence-corrected chi connectivity index (χ3v) is 10.3. The first-order valence-electron chi connectivity index (χ1n) is 10.7. The number of hydrogen-bond acceptors (Lipinski definition) is 7. The van der Waals surface area contributed by atoms with Gasteiger partial charge in [-0.1, -0.05) is 24.3 Å². The van der Waals surface area contributed by atoms with Gasteiger partial charge in [-0.3, -0.25) is 0 Å². The van der Waals surface area contributed by atoms with E-state index >= 15 is 0 Å². The molecule has 15 heteroatoms. The Labute approximate surface area is 217 Å². The van der Waals surface area contributed by atoms with Crippen molar-refractivity contribution < 1.29 is 47.6 Å². The van der Waals surface area contributed by atoms with E-state index < -0.39 is 66.6 Å². The molecule has 0 heterocycles. The Morgan fingerprint density at radius 2 is 1.42 bits per heavy atom. The Bertz CT molecular complexity index is 1650. The second-order valence-electron chi connectivity index (χ2n) is 7.84. The summed E-state index contributed by atoms with van der Waals surface area (Å²) in [6.45, 7) is 2.87. The van der Waals surface area contributed by atoms with Gasteiger partial charge in [0, 0.05) is 12.1 Å². The van der Waals surface area contributed by atoms with Crippen LogP contribution in [-0.2, 0) is 29.7 Å². The highest BCUT2D eigenvalue weighted by Gasteiger charge is 2.46. The topological polar surface area (TPSA) is 124 Å². The average Bonchev–Trinajstić information content (AvgIpc) is 2.83. The monoisotopic (exact) mass is 595 g/mol. The zero-order valence-corrected chi connectivity index (χ0v) is 22.2. The Hall–Kier alpha value is -3.01. The lowest BCUT2D eigenvalue weighted by molar-refractivity contribution is -0.0450. The maximum Gasteiger partial charge on any atom is 0.511 e. The molecular weight excluding hydrogens is 574 g/mol. The number of sulfonamides is 1. The highest BCUT2D eigenvalue weighted by Crippen LogP contribution is 2.35. The van der Waals surface area contributed by atoms with Crippen molar-refractivity contribution in [2.24, 2.45) is 0 Å². The maximum absolute atomic E-state index is 14.4. The van der Waals surface area contributed by atoms with Crippen molar-refractivity contribution in [3.63, 3.8) is 0 Å². The quantitative estimate of drug-likeness (QED) is 0.364. The van der Waals surface area contributed by atoms with Crippen LogP contribution in [0.3, 0.4) is 0 Å². The summed E-state index contributed by atoms with van der Waals surface area (Å²) >= 11 is 0. The van der Waals surface area contributed by atoms with Crippen molar-refractivity contribution in [1.29, 1.82) is 0 Å². The third kappa shape index (κ3) is 5.85. The van der Waals surface area contributed by atoms with Crippen LogP contribution in [0.1, 0.15) is 25.5 Å². The lowest BCUT2D eigenvalue weighted by atomic mass is 10.1. The molecule has 206 valence electrons. The second kappa shape index (κ2) is 10.6. The normalized spacial score (nSPS) is 13.7. The lowest BCUT2D eigenvalue weighted by Crippen LogP contribution is -2.37. The molecule has 0 bridgehead atoms. The first-order chi connectivity index (χ1) is 17.5. The van der Waals surface area contributed by atoms with E-state index in [1.54, 1.807) is 6.92 Å². The minimum Gasteiger partial charge on any atom is -0.494 e. The van der Waals surface area contributed by atoms with E-state index in [1.165, 1.54) is 22.9 Å². The van der Waals surface area contributed by atoms with Gasteiger partial charge in [-0.05, 0) is 55.8 Å². The fourth-order valence-electron chi connectivity index (χ4n) is 3.39. The molecule has 0 aromatic heterocycles. The number of alkyl halides is 3. The van der Waals surface area contributed by atoms with Gasteiger partial charge in [0.25, 0.3) is 0 Å². The molecule has 0 saturated heterocycles. The van der Waals surface area contributed by atoms with Gasteiger partial charge in [-0.25, -0.2) is 34.4 Å². The number of rotatable bonds is 9. The molecule has 8 nitrogen and oxygen atoms in total. The Balaban J connectivity index is 2.09. The van der Waals surface area contributed by atoms with Crippen molar-refractivity contribution in [2.75, 3.05) is 6.61 Å². The Morgan fingerprint density at radius 1 is 0.816 bits per heavy atom. The summed E-state index contributed by atoms with van der Waals surface area (Å²) in [4.78, 5) is -2.64. The summed E-state index contributed by atoms with van der Waals surface area (Å²) in [6, 6.07) is 10.3. The molecular formula is C23H21F4NO7S3. The minimum absolute atomic E-state index is 0.00247. The molecule has 0 aliphatic rings. The van der Waals surface area contributed by atoms with Gasteiger partial charge in [0.1, 0.15) is 16.5 Å². The van der Waals surface area contributed by atoms with E-state index in [0.717, 1.165) is 55.5 Å². The molecule has 1 N–H and O–H groups in total. The molecule has 0 aliphatic carbocycles. The number of sulfone groups is 2. The van der Waals surface area contributed by atoms with Crippen molar-refractivity contribution in [3.05, 3.63) is 78.1 Å². The fraction of sp³-hybridized carbons (Fsp3) is 0.217. The molecule has 38 heavy (non-hydrogen) atoms. The van der Waals surface area contributed by atoms with Crippen molar-refractivity contribution in [1.82, 2.24) is 4.72 Å². The molecule has 0 spiro atoms. The number of nitrogens with one attached hydrogen (secondary N) is 1. The fourth-order valence-corrected chi connectivity index (χ4v) is 7.52. The molecule has 0 aliphatic heterocycles. The second-order valence-corrected chi connectivity index (χ2v) is 13.3. The number of hydrogen-bond donors (Lipinski definition) is 1. The smallest absolute Gasteiger partial charge is 0.494 e. The highest BCUT2D eigenvalue weighted by atomic mass is 32.2. The van der Waals surface area contributed by atoms with Gasteiger partial charge >= 0.3 is 15.5 Å². The van der Waals surface area contributed by atoms with E-state index in [2.05, 4.69) is 0 Å². The van der Waals surface area contributed by atoms with E-state index in [4.69, 9.17) is 4.74 Å². The van der Waals surface area contributed by atoms with Crippen LogP contribution in [0.2, 0.25) is 0 Å².